The summed E-state index contributed by atoms with van der Waals surface area (Å²) >= 11 is 11.4. The fourth-order valence-electron chi connectivity index (χ4n) is 1.09. The van der Waals surface area contributed by atoms with Crippen LogP contribution in [0.4, 0.5) is 0 Å². The number of rotatable bonds is 2. The van der Waals surface area contributed by atoms with E-state index in [2.05, 4.69) is 4.98 Å². The van der Waals surface area contributed by atoms with Gasteiger partial charge in [-0.1, -0.05) is 23.2 Å². The molecule has 0 N–H and O–H groups in total. The first-order chi connectivity index (χ1) is 6.56. The second-order valence-corrected chi connectivity index (χ2v) is 3.43. The fraction of sp³-hybridized carbons (Fsp3) is 0.222. The van der Waals surface area contributed by atoms with E-state index in [1.165, 1.54) is 6.07 Å². The zero-order valence-corrected chi connectivity index (χ0v) is 8.85. The topological polar surface area (TPSA) is 53.8 Å². The monoisotopic (exact) mass is 228 g/mol. The van der Waals surface area contributed by atoms with Gasteiger partial charge in [0.05, 0.1) is 18.1 Å². The number of nitriles is 1. The Balaban J connectivity index is 3.22. The molecule has 0 bridgehead atoms. The van der Waals surface area contributed by atoms with Gasteiger partial charge in [-0.05, 0) is 18.6 Å². The Hall–Kier alpha value is -1.11. The predicted octanol–water partition coefficient (Wildman–Crippen LogP) is 2.79. The molecule has 1 aromatic heterocycles. The lowest BCUT2D eigenvalue weighted by atomic mass is 10.1. The van der Waals surface area contributed by atoms with E-state index in [0.717, 1.165) is 0 Å². The van der Waals surface area contributed by atoms with Crippen LogP contribution in [0.3, 0.4) is 0 Å². The van der Waals surface area contributed by atoms with E-state index in [4.69, 9.17) is 28.5 Å². The van der Waals surface area contributed by atoms with Crippen LogP contribution in [0.2, 0.25) is 10.3 Å². The van der Waals surface area contributed by atoms with E-state index in [9.17, 15) is 4.79 Å². The molecule has 1 rings (SSSR count). The average Bonchev–Trinajstić information content (AvgIpc) is 2.01. The minimum Gasteiger partial charge on any atom is -0.293 e. The lowest BCUT2D eigenvalue weighted by Gasteiger charge is -2.04. The summed E-state index contributed by atoms with van der Waals surface area (Å²) < 4.78 is 0. The van der Waals surface area contributed by atoms with Crippen LogP contribution >= 0.6 is 23.2 Å². The first-order valence-corrected chi connectivity index (χ1v) is 4.54. The van der Waals surface area contributed by atoms with Crippen molar-refractivity contribution in [3.63, 3.8) is 0 Å². The highest BCUT2D eigenvalue weighted by molar-refractivity contribution is 6.35. The SMILES string of the molecule is Cc1cc(Cl)nc(Cl)c1C(=O)CC#N. The molecule has 0 unspecified atom stereocenters. The number of aryl methyl sites for hydroxylation is 1. The minimum absolute atomic E-state index is 0.0512. The van der Waals surface area contributed by atoms with Gasteiger partial charge in [0, 0.05) is 0 Å². The number of halogens is 2. The Morgan fingerprint density at radius 3 is 2.79 bits per heavy atom. The van der Waals surface area contributed by atoms with Gasteiger partial charge in [-0.2, -0.15) is 5.26 Å². The van der Waals surface area contributed by atoms with Gasteiger partial charge in [0.15, 0.2) is 5.78 Å². The number of carbonyl (C=O) groups is 1. The molecule has 0 aliphatic rings. The quantitative estimate of drug-likeness (QED) is 0.578. The zero-order chi connectivity index (χ0) is 10.7. The number of carbonyl (C=O) groups excluding carboxylic acids is 1. The number of nitrogens with zero attached hydrogens (tertiary/aromatic N) is 2. The summed E-state index contributed by atoms with van der Waals surface area (Å²) in [7, 11) is 0. The van der Waals surface area contributed by atoms with Crippen LogP contribution in [0.5, 0.6) is 0 Å². The number of pyridine rings is 1. The van der Waals surface area contributed by atoms with Crippen molar-refractivity contribution in [2.24, 2.45) is 0 Å². The van der Waals surface area contributed by atoms with E-state index in [1.807, 2.05) is 0 Å². The Morgan fingerprint density at radius 2 is 2.29 bits per heavy atom. The van der Waals surface area contributed by atoms with Crippen molar-refractivity contribution in [3.8, 4) is 6.07 Å². The van der Waals surface area contributed by atoms with Crippen LogP contribution < -0.4 is 0 Å². The van der Waals surface area contributed by atoms with Crippen molar-refractivity contribution in [1.29, 1.82) is 5.26 Å². The van der Waals surface area contributed by atoms with Gasteiger partial charge in [-0.25, -0.2) is 4.98 Å². The Labute approximate surface area is 91.3 Å². The van der Waals surface area contributed by atoms with E-state index in [0.29, 0.717) is 5.56 Å². The molecule has 0 aromatic carbocycles. The summed E-state index contributed by atoms with van der Waals surface area (Å²) in [4.78, 5) is 15.1. The first-order valence-electron chi connectivity index (χ1n) is 3.79. The fourth-order valence-corrected chi connectivity index (χ4v) is 1.73. The number of ketones is 1. The second kappa shape index (κ2) is 4.41. The van der Waals surface area contributed by atoms with Gasteiger partial charge in [0.1, 0.15) is 10.3 Å². The molecule has 0 aliphatic heterocycles. The third-order valence-corrected chi connectivity index (χ3v) is 2.13. The van der Waals surface area contributed by atoms with E-state index in [1.54, 1.807) is 13.0 Å². The molecule has 0 saturated heterocycles. The molecule has 3 nitrogen and oxygen atoms in total. The van der Waals surface area contributed by atoms with E-state index < -0.39 is 0 Å². The predicted molar refractivity (Wildman–Crippen MR) is 53.6 cm³/mol. The Kier molecular flexibility index (Phi) is 3.45. The van der Waals surface area contributed by atoms with Crippen molar-refractivity contribution in [2.75, 3.05) is 0 Å². The van der Waals surface area contributed by atoms with Crippen LogP contribution in [-0.2, 0) is 0 Å². The molecular weight excluding hydrogens is 223 g/mol. The van der Waals surface area contributed by atoms with Crippen LogP contribution in [0.1, 0.15) is 22.3 Å². The third-order valence-electron chi connectivity index (χ3n) is 1.66. The normalized spacial score (nSPS) is 9.57. The molecule has 0 aliphatic carbocycles. The molecule has 0 fully saturated rings. The molecule has 5 heteroatoms. The van der Waals surface area contributed by atoms with Crippen molar-refractivity contribution < 1.29 is 4.79 Å². The smallest absolute Gasteiger partial charge is 0.180 e. The molecule has 0 saturated carbocycles. The van der Waals surface area contributed by atoms with Crippen molar-refractivity contribution in [2.45, 2.75) is 13.3 Å². The summed E-state index contributed by atoms with van der Waals surface area (Å²) in [6.45, 7) is 1.70. The standard InChI is InChI=1S/C9H6Cl2N2O/c1-5-4-7(10)13-9(11)8(5)6(14)2-3-12/h4H,2H2,1H3. The summed E-state index contributed by atoms with van der Waals surface area (Å²) in [5.74, 6) is -0.334. The van der Waals surface area contributed by atoms with E-state index >= 15 is 0 Å². The summed E-state index contributed by atoms with van der Waals surface area (Å²) in [6.07, 6.45) is -0.204. The van der Waals surface area contributed by atoms with Gasteiger partial charge >= 0.3 is 0 Å². The number of hydrogen-bond donors (Lipinski definition) is 0. The molecule has 72 valence electrons. The second-order valence-electron chi connectivity index (χ2n) is 2.69. The Bertz CT molecular complexity index is 400. The molecule has 0 amide bonds. The minimum atomic E-state index is -0.334. The van der Waals surface area contributed by atoms with Crippen LogP contribution in [0.15, 0.2) is 6.07 Å². The first kappa shape index (κ1) is 11.0. The van der Waals surface area contributed by atoms with Crippen LogP contribution in [0.25, 0.3) is 0 Å². The van der Waals surface area contributed by atoms with Gasteiger partial charge in [-0.15, -0.1) is 0 Å². The third kappa shape index (κ3) is 2.22. The van der Waals surface area contributed by atoms with E-state index in [-0.39, 0.29) is 28.1 Å². The number of aromatic nitrogens is 1. The number of hydrogen-bond acceptors (Lipinski definition) is 3. The van der Waals surface area contributed by atoms with Crippen molar-refractivity contribution in [3.05, 3.63) is 27.5 Å². The zero-order valence-electron chi connectivity index (χ0n) is 7.34. The molecule has 1 heterocycles. The maximum absolute atomic E-state index is 11.4. The molecule has 1 aromatic rings. The van der Waals surface area contributed by atoms with Crippen LogP contribution in [0, 0.1) is 18.3 Å². The summed E-state index contributed by atoms with van der Waals surface area (Å²) in [6, 6.07) is 3.31. The molecule has 0 atom stereocenters. The lowest BCUT2D eigenvalue weighted by Crippen LogP contribution is -2.03. The molecule has 0 spiro atoms. The Morgan fingerprint density at radius 1 is 1.64 bits per heavy atom. The summed E-state index contributed by atoms with van der Waals surface area (Å²) in [5, 5.41) is 8.66. The van der Waals surface area contributed by atoms with Gasteiger partial charge in [0.25, 0.3) is 0 Å². The maximum atomic E-state index is 11.4. The maximum Gasteiger partial charge on any atom is 0.180 e. The average molecular weight is 229 g/mol. The number of Topliss-reactive ketones (excluding diaryl/α,β-unsaturated/α-hetero) is 1. The highest BCUT2D eigenvalue weighted by atomic mass is 35.5. The molecule has 14 heavy (non-hydrogen) atoms. The van der Waals surface area contributed by atoms with Gasteiger partial charge < -0.3 is 0 Å². The van der Waals surface area contributed by atoms with Gasteiger partial charge in [-0.3, -0.25) is 4.79 Å². The highest BCUT2D eigenvalue weighted by Crippen LogP contribution is 2.22. The highest BCUT2D eigenvalue weighted by Gasteiger charge is 2.14. The van der Waals surface area contributed by atoms with Crippen molar-refractivity contribution >= 4 is 29.0 Å². The van der Waals surface area contributed by atoms with Crippen molar-refractivity contribution in [1.82, 2.24) is 4.98 Å². The largest absolute Gasteiger partial charge is 0.293 e. The molecule has 0 radical (unpaired) electrons. The van der Waals surface area contributed by atoms with Gasteiger partial charge in [0.2, 0.25) is 0 Å². The van der Waals surface area contributed by atoms with Crippen LogP contribution in [-0.4, -0.2) is 10.8 Å². The lowest BCUT2D eigenvalue weighted by molar-refractivity contribution is 0.0997. The molecular formula is C9H6Cl2N2O. The summed E-state index contributed by atoms with van der Waals surface area (Å²) in [5.41, 5.74) is 0.910.